The van der Waals surface area contributed by atoms with Crippen molar-refractivity contribution in [2.45, 2.75) is 25.0 Å². The first-order valence-corrected chi connectivity index (χ1v) is 9.67. The number of hydrogen-bond acceptors (Lipinski definition) is 6. The van der Waals surface area contributed by atoms with Crippen molar-refractivity contribution in [3.8, 4) is 5.75 Å². The monoisotopic (exact) mass is 382 g/mol. The second-order valence-corrected chi connectivity index (χ2v) is 7.52. The van der Waals surface area contributed by atoms with E-state index in [0.717, 1.165) is 31.7 Å². The molecular weight excluding hydrogens is 356 g/mol. The van der Waals surface area contributed by atoms with Crippen molar-refractivity contribution in [3.05, 3.63) is 48.4 Å². The van der Waals surface area contributed by atoms with Gasteiger partial charge in [0.1, 0.15) is 11.6 Å². The van der Waals surface area contributed by atoms with Crippen LogP contribution in [-0.2, 0) is 4.74 Å². The van der Waals surface area contributed by atoms with Gasteiger partial charge in [-0.05, 0) is 42.9 Å². The fourth-order valence-corrected chi connectivity index (χ4v) is 4.52. The molecule has 2 fully saturated rings. The lowest BCUT2D eigenvalue weighted by molar-refractivity contribution is 0.0304. The predicted molar refractivity (Wildman–Crippen MR) is 105 cm³/mol. The van der Waals surface area contributed by atoms with E-state index < -0.39 is 0 Å². The van der Waals surface area contributed by atoms with Gasteiger partial charge in [0.25, 0.3) is 5.91 Å². The van der Waals surface area contributed by atoms with E-state index in [9.17, 15) is 4.79 Å². The Hall–Kier alpha value is -2.67. The van der Waals surface area contributed by atoms with Crippen LogP contribution >= 0.6 is 0 Å². The van der Waals surface area contributed by atoms with Crippen LogP contribution in [0.4, 0.5) is 5.82 Å². The Morgan fingerprint density at radius 2 is 1.96 bits per heavy atom. The first kappa shape index (κ1) is 18.7. The molecule has 0 aromatic carbocycles. The summed E-state index contributed by atoms with van der Waals surface area (Å²) in [6.07, 6.45) is 7.00. The number of amides is 1. The average Bonchev–Trinajstić information content (AvgIpc) is 3.16. The number of nitrogens with one attached hydrogen (secondary N) is 1. The van der Waals surface area contributed by atoms with Crippen molar-refractivity contribution >= 4 is 11.7 Å². The molecule has 1 aliphatic carbocycles. The summed E-state index contributed by atoms with van der Waals surface area (Å²) in [7, 11) is 3.33. The number of anilines is 1. The third kappa shape index (κ3) is 3.67. The highest BCUT2D eigenvalue weighted by Gasteiger charge is 2.44. The molecule has 2 aromatic rings. The van der Waals surface area contributed by atoms with Crippen LogP contribution in [0, 0.1) is 11.8 Å². The van der Waals surface area contributed by atoms with Crippen molar-refractivity contribution in [1.29, 1.82) is 0 Å². The first-order valence-electron chi connectivity index (χ1n) is 9.67. The SMILES string of the molecule is COc1cnccc1C(=O)N1C[C@H]2C[C@@H](Nc3ccccn3)[C@H](OC)C[C@H]2C1. The summed E-state index contributed by atoms with van der Waals surface area (Å²) in [5, 5.41) is 3.52. The maximum Gasteiger partial charge on any atom is 0.257 e. The molecule has 28 heavy (non-hydrogen) atoms. The minimum atomic E-state index is 0.0110. The van der Waals surface area contributed by atoms with Crippen molar-refractivity contribution in [1.82, 2.24) is 14.9 Å². The third-order valence-corrected chi connectivity index (χ3v) is 5.94. The number of hydrogen-bond donors (Lipinski definition) is 1. The van der Waals surface area contributed by atoms with Crippen LogP contribution in [0.25, 0.3) is 0 Å². The third-order valence-electron chi connectivity index (χ3n) is 5.94. The lowest BCUT2D eigenvalue weighted by Gasteiger charge is -2.37. The molecule has 2 aliphatic rings. The van der Waals surface area contributed by atoms with Crippen LogP contribution in [0.1, 0.15) is 23.2 Å². The van der Waals surface area contributed by atoms with E-state index in [4.69, 9.17) is 9.47 Å². The number of pyridine rings is 2. The second-order valence-electron chi connectivity index (χ2n) is 7.52. The van der Waals surface area contributed by atoms with Gasteiger partial charge >= 0.3 is 0 Å². The summed E-state index contributed by atoms with van der Waals surface area (Å²) in [4.78, 5) is 23.4. The van der Waals surface area contributed by atoms with Crippen LogP contribution in [0.15, 0.2) is 42.9 Å². The maximum atomic E-state index is 13.1. The summed E-state index contributed by atoms with van der Waals surface area (Å²) in [5.74, 6) is 2.29. The lowest BCUT2D eigenvalue weighted by atomic mass is 9.77. The minimum absolute atomic E-state index is 0.0110. The van der Waals surface area contributed by atoms with E-state index in [2.05, 4.69) is 15.3 Å². The van der Waals surface area contributed by atoms with Gasteiger partial charge in [-0.25, -0.2) is 4.98 Å². The Balaban J connectivity index is 1.47. The summed E-state index contributed by atoms with van der Waals surface area (Å²) in [6.45, 7) is 1.51. The number of methoxy groups -OCH3 is 2. The summed E-state index contributed by atoms with van der Waals surface area (Å²) < 4.78 is 11.1. The average molecular weight is 382 g/mol. The molecular formula is C21H26N4O3. The van der Waals surface area contributed by atoms with Gasteiger partial charge in [0.15, 0.2) is 0 Å². The lowest BCUT2D eigenvalue weighted by Crippen LogP contribution is -2.44. The fraction of sp³-hybridized carbons (Fsp3) is 0.476. The molecule has 0 unspecified atom stereocenters. The van der Waals surface area contributed by atoms with Crippen LogP contribution in [-0.4, -0.2) is 60.2 Å². The highest BCUT2D eigenvalue weighted by molar-refractivity contribution is 5.97. The largest absolute Gasteiger partial charge is 0.494 e. The van der Waals surface area contributed by atoms with Gasteiger partial charge in [0.05, 0.1) is 31.0 Å². The highest BCUT2D eigenvalue weighted by Crippen LogP contribution is 2.39. The molecule has 0 spiro atoms. The Labute approximate surface area is 165 Å². The number of ether oxygens (including phenoxy) is 2. The smallest absolute Gasteiger partial charge is 0.257 e. The molecule has 0 radical (unpaired) electrons. The zero-order chi connectivity index (χ0) is 19.5. The number of likely N-dealkylation sites (tertiary alicyclic amines) is 1. The van der Waals surface area contributed by atoms with Crippen molar-refractivity contribution in [2.24, 2.45) is 11.8 Å². The molecule has 0 bridgehead atoms. The standard InChI is InChI=1S/C21H26N4O3/c1-27-18-10-15-13-25(21(26)16-6-8-22-11-19(16)28-2)12-14(15)9-17(18)24-20-5-3-4-7-23-20/h3-8,11,14-15,17-18H,9-10,12-13H2,1-2H3,(H,23,24)/t14-,15+,17-,18-/m1/s1. The number of rotatable bonds is 5. The van der Waals surface area contributed by atoms with E-state index in [1.165, 1.54) is 0 Å². The molecule has 7 nitrogen and oxygen atoms in total. The zero-order valence-electron chi connectivity index (χ0n) is 16.2. The van der Waals surface area contributed by atoms with Gasteiger partial charge in [-0.2, -0.15) is 0 Å². The van der Waals surface area contributed by atoms with Crippen LogP contribution in [0.3, 0.4) is 0 Å². The van der Waals surface area contributed by atoms with E-state index in [1.807, 2.05) is 23.1 Å². The van der Waals surface area contributed by atoms with Crippen molar-refractivity contribution in [3.63, 3.8) is 0 Å². The zero-order valence-corrected chi connectivity index (χ0v) is 16.2. The van der Waals surface area contributed by atoms with Gasteiger partial charge in [-0.1, -0.05) is 6.07 Å². The molecule has 1 saturated carbocycles. The quantitative estimate of drug-likeness (QED) is 0.856. The molecule has 2 aromatic heterocycles. The minimum Gasteiger partial charge on any atom is -0.494 e. The summed E-state index contributed by atoms with van der Waals surface area (Å²) in [6, 6.07) is 7.77. The summed E-state index contributed by atoms with van der Waals surface area (Å²) >= 11 is 0. The van der Waals surface area contributed by atoms with Gasteiger partial charge in [0, 0.05) is 32.6 Å². The van der Waals surface area contributed by atoms with Crippen LogP contribution in [0.2, 0.25) is 0 Å². The Bertz CT molecular complexity index is 816. The molecule has 1 saturated heterocycles. The van der Waals surface area contributed by atoms with Gasteiger partial charge < -0.3 is 19.7 Å². The van der Waals surface area contributed by atoms with E-state index in [-0.39, 0.29) is 18.1 Å². The topological polar surface area (TPSA) is 76.6 Å². The Morgan fingerprint density at radius 1 is 1.14 bits per heavy atom. The molecule has 1 N–H and O–H groups in total. The predicted octanol–water partition coefficient (Wildman–Crippen LogP) is 2.46. The highest BCUT2D eigenvalue weighted by atomic mass is 16.5. The van der Waals surface area contributed by atoms with Crippen LogP contribution < -0.4 is 10.1 Å². The van der Waals surface area contributed by atoms with Gasteiger partial charge in [0.2, 0.25) is 0 Å². The molecule has 4 rings (SSSR count). The second kappa shape index (κ2) is 8.14. The number of fused-ring (bicyclic) bond motifs is 1. The number of aromatic nitrogens is 2. The molecule has 1 aliphatic heterocycles. The summed E-state index contributed by atoms with van der Waals surface area (Å²) in [5.41, 5.74) is 0.572. The van der Waals surface area contributed by atoms with E-state index in [1.54, 1.807) is 38.9 Å². The fourth-order valence-electron chi connectivity index (χ4n) is 4.52. The number of carbonyl (C=O) groups excluding carboxylic acids is 1. The number of nitrogens with zero attached hydrogens (tertiary/aromatic N) is 3. The van der Waals surface area contributed by atoms with Gasteiger partial charge in [-0.15, -0.1) is 0 Å². The van der Waals surface area contributed by atoms with Gasteiger partial charge in [-0.3, -0.25) is 9.78 Å². The molecule has 1 amide bonds. The van der Waals surface area contributed by atoms with Crippen LogP contribution in [0.5, 0.6) is 5.75 Å². The normalized spacial score (nSPS) is 26.6. The van der Waals surface area contributed by atoms with E-state index in [0.29, 0.717) is 23.1 Å². The number of carbonyl (C=O) groups is 1. The van der Waals surface area contributed by atoms with E-state index >= 15 is 0 Å². The molecule has 3 heterocycles. The van der Waals surface area contributed by atoms with Crippen molar-refractivity contribution in [2.75, 3.05) is 32.6 Å². The maximum absolute atomic E-state index is 13.1. The molecule has 7 heteroatoms. The Morgan fingerprint density at radius 3 is 2.68 bits per heavy atom. The first-order chi connectivity index (χ1) is 13.7. The molecule has 148 valence electrons. The molecule has 4 atom stereocenters. The van der Waals surface area contributed by atoms with Crippen molar-refractivity contribution < 1.29 is 14.3 Å². The Kier molecular flexibility index (Phi) is 5.43.